The van der Waals surface area contributed by atoms with E-state index in [9.17, 15) is 4.79 Å². The Kier molecular flexibility index (Phi) is 3.18. The van der Waals surface area contributed by atoms with Crippen molar-refractivity contribution < 1.29 is 4.79 Å². The molecule has 0 bridgehead atoms. The topological polar surface area (TPSA) is 90.9 Å². The molecule has 0 radical (unpaired) electrons. The van der Waals surface area contributed by atoms with Crippen LogP contribution in [0.25, 0.3) is 0 Å². The van der Waals surface area contributed by atoms with Gasteiger partial charge in [-0.15, -0.1) is 11.3 Å². The molecule has 4 N–H and O–H groups in total. The van der Waals surface area contributed by atoms with Crippen molar-refractivity contribution in [1.29, 1.82) is 5.26 Å². The molecule has 0 aliphatic heterocycles. The zero-order chi connectivity index (χ0) is 13.3. The number of rotatable bonds is 4. The van der Waals surface area contributed by atoms with Gasteiger partial charge in [-0.05, 0) is 18.3 Å². The maximum Gasteiger partial charge on any atom is 0.263 e. The molecule has 2 rings (SSSR count). The molecule has 0 aromatic carbocycles. The SMILES string of the molecule is CNC(=O)c1sc(NCC2(C)CC2)c(C#N)c1N. The van der Waals surface area contributed by atoms with Crippen molar-refractivity contribution in [3.05, 3.63) is 10.4 Å². The molecular formula is C12H16N4OS. The molecule has 0 atom stereocenters. The highest BCUT2D eigenvalue weighted by atomic mass is 32.1. The number of nitrogen functional groups attached to an aromatic ring is 1. The molecule has 0 spiro atoms. The first-order valence-electron chi connectivity index (χ1n) is 5.79. The Balaban J connectivity index is 2.23. The van der Waals surface area contributed by atoms with Crippen LogP contribution in [0, 0.1) is 16.7 Å². The van der Waals surface area contributed by atoms with E-state index < -0.39 is 0 Å². The number of hydrogen-bond acceptors (Lipinski definition) is 5. The first-order valence-corrected chi connectivity index (χ1v) is 6.61. The normalized spacial score (nSPS) is 15.8. The summed E-state index contributed by atoms with van der Waals surface area (Å²) in [7, 11) is 1.55. The van der Waals surface area contributed by atoms with E-state index in [1.165, 1.54) is 24.2 Å². The molecule has 1 fully saturated rings. The van der Waals surface area contributed by atoms with E-state index >= 15 is 0 Å². The van der Waals surface area contributed by atoms with Crippen LogP contribution in [0.3, 0.4) is 0 Å². The quantitative estimate of drug-likeness (QED) is 0.773. The predicted molar refractivity (Wildman–Crippen MR) is 72.7 cm³/mol. The minimum absolute atomic E-state index is 0.250. The van der Waals surface area contributed by atoms with Crippen LogP contribution in [0.4, 0.5) is 10.7 Å². The van der Waals surface area contributed by atoms with Gasteiger partial charge in [0.25, 0.3) is 5.91 Å². The summed E-state index contributed by atoms with van der Waals surface area (Å²) >= 11 is 1.24. The minimum atomic E-state index is -0.250. The highest BCUT2D eigenvalue weighted by Gasteiger charge is 2.37. The Labute approximate surface area is 110 Å². The van der Waals surface area contributed by atoms with Gasteiger partial charge in [-0.2, -0.15) is 5.26 Å². The molecule has 5 nitrogen and oxygen atoms in total. The van der Waals surface area contributed by atoms with Crippen LogP contribution in [0.2, 0.25) is 0 Å². The van der Waals surface area contributed by atoms with Gasteiger partial charge in [0.2, 0.25) is 0 Å². The lowest BCUT2D eigenvalue weighted by molar-refractivity contribution is 0.0968. The number of nitrogens with two attached hydrogens (primary N) is 1. The molecule has 0 unspecified atom stereocenters. The van der Waals surface area contributed by atoms with Crippen molar-refractivity contribution in [2.24, 2.45) is 5.41 Å². The Morgan fingerprint density at radius 1 is 1.61 bits per heavy atom. The van der Waals surface area contributed by atoms with Crippen molar-refractivity contribution in [1.82, 2.24) is 5.32 Å². The third-order valence-corrected chi connectivity index (χ3v) is 4.43. The molecule has 1 aromatic rings. The summed E-state index contributed by atoms with van der Waals surface area (Å²) in [4.78, 5) is 12.0. The fourth-order valence-corrected chi connectivity index (χ4v) is 2.66. The number of hydrogen-bond donors (Lipinski definition) is 3. The molecule has 96 valence electrons. The molecule has 1 aromatic heterocycles. The predicted octanol–water partition coefficient (Wildman–Crippen LogP) is 1.77. The molecule has 6 heteroatoms. The van der Waals surface area contributed by atoms with E-state index in [0.29, 0.717) is 20.9 Å². The summed E-state index contributed by atoms with van der Waals surface area (Å²) < 4.78 is 0. The van der Waals surface area contributed by atoms with Crippen LogP contribution in [0.1, 0.15) is 35.0 Å². The lowest BCUT2D eigenvalue weighted by atomic mass is 10.1. The van der Waals surface area contributed by atoms with Gasteiger partial charge >= 0.3 is 0 Å². The monoisotopic (exact) mass is 264 g/mol. The third-order valence-electron chi connectivity index (χ3n) is 3.27. The lowest BCUT2D eigenvalue weighted by Crippen LogP contribution is -2.17. The van der Waals surface area contributed by atoms with Crippen molar-refractivity contribution in [2.45, 2.75) is 19.8 Å². The second-order valence-electron chi connectivity index (χ2n) is 4.90. The highest BCUT2D eigenvalue weighted by molar-refractivity contribution is 7.18. The lowest BCUT2D eigenvalue weighted by Gasteiger charge is -2.09. The smallest absolute Gasteiger partial charge is 0.263 e. The van der Waals surface area contributed by atoms with Crippen LogP contribution in [-0.2, 0) is 0 Å². The first-order chi connectivity index (χ1) is 8.50. The van der Waals surface area contributed by atoms with Gasteiger partial charge in [-0.1, -0.05) is 6.92 Å². The Morgan fingerprint density at radius 2 is 2.28 bits per heavy atom. The fourth-order valence-electron chi connectivity index (χ4n) is 1.65. The van der Waals surface area contributed by atoms with Crippen LogP contribution in [0.5, 0.6) is 0 Å². The van der Waals surface area contributed by atoms with Gasteiger partial charge in [0, 0.05) is 13.6 Å². The zero-order valence-electron chi connectivity index (χ0n) is 10.5. The highest BCUT2D eigenvalue weighted by Crippen LogP contribution is 2.45. The van der Waals surface area contributed by atoms with Gasteiger partial charge in [-0.25, -0.2) is 0 Å². The Morgan fingerprint density at radius 3 is 2.78 bits per heavy atom. The summed E-state index contributed by atoms with van der Waals surface area (Å²) in [5, 5.41) is 15.6. The summed E-state index contributed by atoms with van der Waals surface area (Å²) in [6.07, 6.45) is 2.40. The second-order valence-corrected chi connectivity index (χ2v) is 5.92. The molecule has 18 heavy (non-hydrogen) atoms. The van der Waals surface area contributed by atoms with Crippen molar-refractivity contribution in [3.63, 3.8) is 0 Å². The average molecular weight is 264 g/mol. The van der Waals surface area contributed by atoms with Crippen LogP contribution < -0.4 is 16.4 Å². The number of nitriles is 1. The number of nitrogens with zero attached hydrogens (tertiary/aromatic N) is 1. The number of anilines is 2. The molecule has 0 saturated heterocycles. The number of carbonyl (C=O) groups is 1. The standard InChI is InChI=1S/C12H16N4OS/c1-12(3-4-12)6-16-11-7(5-13)8(14)9(18-11)10(17)15-2/h16H,3-4,6,14H2,1-2H3,(H,15,17). The Bertz CT molecular complexity index is 525. The molecule has 1 heterocycles. The Hall–Kier alpha value is -1.74. The van der Waals surface area contributed by atoms with E-state index in [2.05, 4.69) is 23.6 Å². The van der Waals surface area contributed by atoms with Gasteiger partial charge in [0.1, 0.15) is 21.5 Å². The van der Waals surface area contributed by atoms with E-state index in [4.69, 9.17) is 11.0 Å². The fraction of sp³-hybridized carbons (Fsp3) is 0.500. The van der Waals surface area contributed by atoms with Gasteiger partial charge in [0.05, 0.1) is 5.69 Å². The molecular weight excluding hydrogens is 248 g/mol. The van der Waals surface area contributed by atoms with Gasteiger partial charge in [0.15, 0.2) is 0 Å². The molecule has 1 amide bonds. The van der Waals surface area contributed by atoms with Gasteiger partial charge < -0.3 is 16.4 Å². The van der Waals surface area contributed by atoms with E-state index in [-0.39, 0.29) is 11.6 Å². The first kappa shape index (κ1) is 12.7. The molecule has 1 aliphatic carbocycles. The van der Waals surface area contributed by atoms with Crippen molar-refractivity contribution in [3.8, 4) is 6.07 Å². The average Bonchev–Trinajstić information content (AvgIpc) is 3.00. The van der Waals surface area contributed by atoms with Crippen molar-refractivity contribution in [2.75, 3.05) is 24.6 Å². The zero-order valence-corrected chi connectivity index (χ0v) is 11.3. The summed E-state index contributed by atoms with van der Waals surface area (Å²) in [6.45, 7) is 3.01. The number of thiophene rings is 1. The minimum Gasteiger partial charge on any atom is -0.396 e. The number of carbonyl (C=O) groups excluding carboxylic acids is 1. The van der Waals surface area contributed by atoms with Gasteiger partial charge in [-0.3, -0.25) is 4.79 Å². The largest absolute Gasteiger partial charge is 0.396 e. The molecule has 1 saturated carbocycles. The summed E-state index contributed by atoms with van der Waals surface area (Å²) in [5.41, 5.74) is 6.81. The number of amides is 1. The maximum atomic E-state index is 11.6. The maximum absolute atomic E-state index is 11.6. The third kappa shape index (κ3) is 2.27. The van der Waals surface area contributed by atoms with Crippen LogP contribution >= 0.6 is 11.3 Å². The van der Waals surface area contributed by atoms with Crippen molar-refractivity contribution >= 4 is 27.9 Å². The van der Waals surface area contributed by atoms with E-state index in [1.54, 1.807) is 7.05 Å². The summed E-state index contributed by atoms with van der Waals surface area (Å²) in [5.74, 6) is -0.250. The summed E-state index contributed by atoms with van der Waals surface area (Å²) in [6, 6.07) is 2.06. The van der Waals surface area contributed by atoms with Crippen LogP contribution in [-0.4, -0.2) is 19.5 Å². The van der Waals surface area contributed by atoms with Crippen LogP contribution in [0.15, 0.2) is 0 Å². The number of nitrogens with one attached hydrogen (secondary N) is 2. The molecule has 1 aliphatic rings. The van der Waals surface area contributed by atoms with E-state index in [1.807, 2.05) is 0 Å². The second kappa shape index (κ2) is 4.50. The van der Waals surface area contributed by atoms with E-state index in [0.717, 1.165) is 6.54 Å².